The molecule has 0 aliphatic carbocycles. The standard InChI is InChI=1S/C10H12Br2N2O5S/c1-19-8-2-6(13)9(20(16,17)18)3-7(8)14-10(15)5(12)4-11/h2-3,5H,4,13H2,1H3,(H,14,15)(H,16,17,18). The summed E-state index contributed by atoms with van der Waals surface area (Å²) < 4.78 is 36.5. The molecule has 1 aromatic carbocycles. The number of rotatable bonds is 5. The number of nitrogen functional groups attached to an aromatic ring is 1. The minimum atomic E-state index is -4.50. The van der Waals surface area contributed by atoms with Crippen LogP contribution in [0, 0.1) is 0 Å². The van der Waals surface area contributed by atoms with E-state index in [2.05, 4.69) is 37.2 Å². The highest BCUT2D eigenvalue weighted by molar-refractivity contribution is 9.12. The Bertz CT molecular complexity index is 620. The van der Waals surface area contributed by atoms with Crippen LogP contribution in [0.3, 0.4) is 0 Å². The predicted molar refractivity (Wildman–Crippen MR) is 82.4 cm³/mol. The Morgan fingerprint density at radius 1 is 1.55 bits per heavy atom. The SMILES string of the molecule is COc1cc(N)c(S(=O)(=O)O)cc1NC(=O)C(Br)CBr. The molecule has 7 nitrogen and oxygen atoms in total. The Balaban J connectivity index is 3.27. The van der Waals surface area contributed by atoms with Crippen LogP contribution < -0.4 is 15.8 Å². The van der Waals surface area contributed by atoms with Gasteiger partial charge in [0.15, 0.2) is 0 Å². The summed E-state index contributed by atoms with van der Waals surface area (Å²) in [6.45, 7) is 0. The number of alkyl halides is 2. The third-order valence-electron chi connectivity index (χ3n) is 2.29. The van der Waals surface area contributed by atoms with Crippen LogP contribution in [-0.2, 0) is 14.9 Å². The lowest BCUT2D eigenvalue weighted by Crippen LogP contribution is -2.24. The monoisotopic (exact) mass is 430 g/mol. The summed E-state index contributed by atoms with van der Waals surface area (Å²) in [5.74, 6) is -0.233. The molecule has 4 N–H and O–H groups in total. The number of anilines is 2. The van der Waals surface area contributed by atoms with Gasteiger partial charge in [-0.15, -0.1) is 0 Å². The van der Waals surface area contributed by atoms with Crippen molar-refractivity contribution in [1.29, 1.82) is 0 Å². The molecule has 1 unspecified atom stereocenters. The molecular weight excluding hydrogens is 420 g/mol. The van der Waals surface area contributed by atoms with Crippen LogP contribution in [0.25, 0.3) is 0 Å². The zero-order chi connectivity index (χ0) is 15.5. The van der Waals surface area contributed by atoms with Crippen LogP contribution in [0.5, 0.6) is 5.75 Å². The van der Waals surface area contributed by atoms with E-state index in [1.807, 2.05) is 0 Å². The maximum Gasteiger partial charge on any atom is 0.296 e. The van der Waals surface area contributed by atoms with Gasteiger partial charge in [-0.25, -0.2) is 0 Å². The molecule has 0 spiro atoms. The highest BCUT2D eigenvalue weighted by Gasteiger charge is 2.21. The molecule has 0 fully saturated rings. The summed E-state index contributed by atoms with van der Waals surface area (Å²) in [5.41, 5.74) is 5.43. The maximum absolute atomic E-state index is 11.8. The molecule has 1 amide bonds. The number of carbonyl (C=O) groups excluding carboxylic acids is 1. The van der Waals surface area contributed by atoms with Gasteiger partial charge < -0.3 is 15.8 Å². The van der Waals surface area contributed by atoms with E-state index in [1.54, 1.807) is 0 Å². The van der Waals surface area contributed by atoms with Crippen LogP contribution in [0.4, 0.5) is 11.4 Å². The molecule has 10 heteroatoms. The van der Waals surface area contributed by atoms with Crippen molar-refractivity contribution in [3.8, 4) is 5.75 Å². The zero-order valence-electron chi connectivity index (χ0n) is 10.3. The van der Waals surface area contributed by atoms with Crippen molar-refractivity contribution in [2.75, 3.05) is 23.5 Å². The van der Waals surface area contributed by atoms with Gasteiger partial charge in [-0.1, -0.05) is 31.9 Å². The molecule has 0 aliphatic heterocycles. The van der Waals surface area contributed by atoms with Crippen molar-refractivity contribution in [1.82, 2.24) is 0 Å². The molecule has 0 aromatic heterocycles. The number of benzene rings is 1. The Morgan fingerprint density at radius 3 is 2.60 bits per heavy atom. The van der Waals surface area contributed by atoms with E-state index in [0.717, 1.165) is 6.07 Å². The summed E-state index contributed by atoms with van der Waals surface area (Å²) in [7, 11) is -3.15. The highest BCUT2D eigenvalue weighted by Crippen LogP contribution is 2.32. The van der Waals surface area contributed by atoms with E-state index in [0.29, 0.717) is 5.33 Å². The summed E-state index contributed by atoms with van der Waals surface area (Å²) in [5, 5.41) is 2.84. The van der Waals surface area contributed by atoms with Gasteiger partial charge in [0.2, 0.25) is 5.91 Å². The van der Waals surface area contributed by atoms with Gasteiger partial charge in [-0.3, -0.25) is 9.35 Å². The van der Waals surface area contributed by atoms with Crippen molar-refractivity contribution < 1.29 is 22.5 Å². The number of ether oxygens (including phenoxy) is 1. The van der Waals surface area contributed by atoms with Crippen molar-refractivity contribution in [2.45, 2.75) is 9.72 Å². The van der Waals surface area contributed by atoms with E-state index in [1.165, 1.54) is 13.2 Å². The molecule has 1 aromatic rings. The second-order valence-corrected chi connectivity index (χ2v) is 6.82. The Morgan fingerprint density at radius 2 is 2.15 bits per heavy atom. The molecular formula is C10H12Br2N2O5S. The molecule has 0 heterocycles. The first-order chi connectivity index (χ1) is 9.20. The summed E-state index contributed by atoms with van der Waals surface area (Å²) in [6.07, 6.45) is 0. The third-order valence-corrected chi connectivity index (χ3v) is 5.45. The van der Waals surface area contributed by atoms with Crippen LogP contribution >= 0.6 is 31.9 Å². The molecule has 112 valence electrons. The van der Waals surface area contributed by atoms with Gasteiger partial charge in [0.05, 0.1) is 18.5 Å². The highest BCUT2D eigenvalue weighted by atomic mass is 79.9. The zero-order valence-corrected chi connectivity index (χ0v) is 14.2. The van der Waals surface area contributed by atoms with E-state index in [-0.39, 0.29) is 17.1 Å². The van der Waals surface area contributed by atoms with E-state index in [4.69, 9.17) is 15.0 Å². The summed E-state index contributed by atoms with van der Waals surface area (Å²) >= 11 is 6.25. The molecule has 0 bridgehead atoms. The quantitative estimate of drug-likeness (QED) is 0.370. The first-order valence-corrected chi connectivity index (χ1v) is 8.64. The first-order valence-electron chi connectivity index (χ1n) is 5.16. The lowest BCUT2D eigenvalue weighted by atomic mass is 10.2. The Labute approximate surface area is 132 Å². The average Bonchev–Trinajstić information content (AvgIpc) is 2.37. The van der Waals surface area contributed by atoms with Crippen molar-refractivity contribution in [2.24, 2.45) is 0 Å². The molecule has 20 heavy (non-hydrogen) atoms. The van der Waals surface area contributed by atoms with Gasteiger partial charge in [-0.05, 0) is 6.07 Å². The number of hydrogen-bond acceptors (Lipinski definition) is 5. The van der Waals surface area contributed by atoms with Gasteiger partial charge in [0.1, 0.15) is 15.5 Å². The van der Waals surface area contributed by atoms with Gasteiger partial charge in [-0.2, -0.15) is 8.42 Å². The molecule has 1 atom stereocenters. The molecule has 0 aliphatic rings. The lowest BCUT2D eigenvalue weighted by molar-refractivity contribution is -0.115. The fourth-order valence-corrected chi connectivity index (χ4v) is 2.38. The average molecular weight is 432 g/mol. The molecule has 1 rings (SSSR count). The number of methoxy groups -OCH3 is 1. The van der Waals surface area contributed by atoms with Crippen molar-refractivity contribution in [3.63, 3.8) is 0 Å². The number of halogens is 2. The van der Waals surface area contributed by atoms with Crippen molar-refractivity contribution >= 4 is 59.3 Å². The fourth-order valence-electron chi connectivity index (χ4n) is 1.35. The Kier molecular flexibility index (Phi) is 5.80. The second-order valence-electron chi connectivity index (χ2n) is 3.68. The number of amides is 1. The second kappa shape index (κ2) is 6.74. The molecule has 0 saturated carbocycles. The van der Waals surface area contributed by atoms with E-state index < -0.39 is 25.7 Å². The van der Waals surface area contributed by atoms with Crippen molar-refractivity contribution in [3.05, 3.63) is 12.1 Å². The van der Waals surface area contributed by atoms with Crippen LogP contribution in [0.1, 0.15) is 0 Å². The van der Waals surface area contributed by atoms with Crippen LogP contribution in [0.15, 0.2) is 17.0 Å². The minimum Gasteiger partial charge on any atom is -0.494 e. The minimum absolute atomic E-state index is 0.0877. The number of hydrogen-bond donors (Lipinski definition) is 3. The van der Waals surface area contributed by atoms with Crippen LogP contribution in [0.2, 0.25) is 0 Å². The largest absolute Gasteiger partial charge is 0.494 e. The predicted octanol–water partition coefficient (Wildman–Crippen LogP) is 1.62. The molecule has 0 radical (unpaired) electrons. The fraction of sp³-hybridized carbons (Fsp3) is 0.300. The summed E-state index contributed by atoms with van der Waals surface area (Å²) in [6, 6.07) is 2.24. The van der Waals surface area contributed by atoms with E-state index >= 15 is 0 Å². The van der Waals surface area contributed by atoms with Gasteiger partial charge >= 0.3 is 0 Å². The topological polar surface area (TPSA) is 119 Å². The first kappa shape index (κ1) is 17.2. The number of nitrogens with one attached hydrogen (secondary N) is 1. The Hall–Kier alpha value is -0.840. The van der Waals surface area contributed by atoms with Gasteiger partial charge in [0.25, 0.3) is 10.1 Å². The summed E-state index contributed by atoms with van der Waals surface area (Å²) in [4.78, 5) is 10.8. The molecule has 0 saturated heterocycles. The number of nitrogens with two attached hydrogens (primary N) is 1. The lowest BCUT2D eigenvalue weighted by Gasteiger charge is -2.14. The van der Waals surface area contributed by atoms with Gasteiger partial charge in [0, 0.05) is 11.4 Å². The maximum atomic E-state index is 11.8. The van der Waals surface area contributed by atoms with Crippen LogP contribution in [-0.4, -0.2) is 36.1 Å². The third kappa shape index (κ3) is 4.08. The number of carbonyl (C=O) groups is 1. The smallest absolute Gasteiger partial charge is 0.296 e. The normalized spacial score (nSPS) is 12.8. The van der Waals surface area contributed by atoms with E-state index in [9.17, 15) is 13.2 Å².